The van der Waals surface area contributed by atoms with Crippen LogP contribution in [0.1, 0.15) is 42.4 Å². The van der Waals surface area contributed by atoms with E-state index in [4.69, 9.17) is 4.42 Å². The predicted molar refractivity (Wildman–Crippen MR) is 93.7 cm³/mol. The molecule has 6 heteroatoms. The minimum atomic E-state index is -0.567. The summed E-state index contributed by atoms with van der Waals surface area (Å²) < 4.78 is 10.1. The van der Waals surface area contributed by atoms with E-state index in [0.29, 0.717) is 34.9 Å². The van der Waals surface area contributed by atoms with Crippen LogP contribution in [0.3, 0.4) is 0 Å². The minimum Gasteiger partial charge on any atom is -0.507 e. The van der Waals surface area contributed by atoms with E-state index in [1.165, 1.54) is 20.0 Å². The van der Waals surface area contributed by atoms with E-state index >= 15 is 0 Å². The maximum Gasteiger partial charge on any atom is 0.340 e. The van der Waals surface area contributed by atoms with Gasteiger partial charge in [-0.2, -0.15) is 0 Å². The highest BCUT2D eigenvalue weighted by molar-refractivity contribution is 5.87. The summed E-state index contributed by atoms with van der Waals surface area (Å²) in [7, 11) is 1.28. The normalized spacial score (nSPS) is 15.0. The Balaban J connectivity index is 2.01. The second-order valence-corrected chi connectivity index (χ2v) is 6.55. The summed E-state index contributed by atoms with van der Waals surface area (Å²) in [6.07, 6.45) is 4.54. The first kappa shape index (κ1) is 17.5. The van der Waals surface area contributed by atoms with E-state index in [0.717, 1.165) is 18.2 Å². The monoisotopic (exact) mass is 345 g/mol. The van der Waals surface area contributed by atoms with Crippen LogP contribution in [0.25, 0.3) is 11.0 Å². The van der Waals surface area contributed by atoms with Crippen molar-refractivity contribution in [3.8, 4) is 5.75 Å². The number of ether oxygens (including phenoxy) is 1. The van der Waals surface area contributed by atoms with E-state index < -0.39 is 11.6 Å². The molecular weight excluding hydrogens is 322 g/mol. The lowest BCUT2D eigenvalue weighted by Crippen LogP contribution is -2.25. The Morgan fingerprint density at radius 1 is 1.32 bits per heavy atom. The maximum atomic E-state index is 12.4. The summed E-state index contributed by atoms with van der Waals surface area (Å²) in [5, 5.41) is 14.4. The third-order valence-corrected chi connectivity index (χ3v) is 5.01. The molecule has 0 bridgehead atoms. The van der Waals surface area contributed by atoms with Gasteiger partial charge in [0.1, 0.15) is 11.3 Å². The zero-order chi connectivity index (χ0) is 18.0. The highest BCUT2D eigenvalue weighted by atomic mass is 16.5. The van der Waals surface area contributed by atoms with Crippen molar-refractivity contribution >= 4 is 16.9 Å². The van der Waals surface area contributed by atoms with Crippen molar-refractivity contribution in [3.05, 3.63) is 39.2 Å². The van der Waals surface area contributed by atoms with Crippen molar-refractivity contribution in [2.75, 3.05) is 7.11 Å². The van der Waals surface area contributed by atoms with Crippen LogP contribution in [-0.4, -0.2) is 24.2 Å². The molecule has 0 aliphatic heterocycles. The third-order valence-electron chi connectivity index (χ3n) is 5.01. The lowest BCUT2D eigenvalue weighted by atomic mass is 10.0. The Morgan fingerprint density at radius 2 is 2.04 bits per heavy atom. The molecular formula is C19H23NO5. The second-order valence-electron chi connectivity index (χ2n) is 6.55. The molecule has 3 rings (SSSR count). The summed E-state index contributed by atoms with van der Waals surface area (Å²) in [5.41, 5.74) is 1.36. The Bertz CT molecular complexity index is 849. The minimum absolute atomic E-state index is 0.0984. The molecule has 1 aromatic heterocycles. The van der Waals surface area contributed by atoms with Crippen molar-refractivity contribution in [3.63, 3.8) is 0 Å². The summed E-state index contributed by atoms with van der Waals surface area (Å²) >= 11 is 0. The van der Waals surface area contributed by atoms with Crippen LogP contribution < -0.4 is 10.9 Å². The number of fused-ring (bicyclic) bond motifs is 1. The molecule has 2 N–H and O–H groups in total. The lowest BCUT2D eigenvalue weighted by molar-refractivity contribution is -0.139. The number of benzene rings is 1. The average molecular weight is 345 g/mol. The zero-order valence-electron chi connectivity index (χ0n) is 14.6. The molecule has 0 amide bonds. The van der Waals surface area contributed by atoms with E-state index in [-0.39, 0.29) is 12.2 Å². The second kappa shape index (κ2) is 7.27. The number of rotatable bonds is 5. The topological polar surface area (TPSA) is 88.8 Å². The molecule has 6 nitrogen and oxygen atoms in total. The van der Waals surface area contributed by atoms with Gasteiger partial charge in [-0.15, -0.1) is 0 Å². The third kappa shape index (κ3) is 3.54. The highest BCUT2D eigenvalue weighted by Gasteiger charge is 2.20. The van der Waals surface area contributed by atoms with Crippen molar-refractivity contribution in [1.29, 1.82) is 0 Å². The van der Waals surface area contributed by atoms with Crippen LogP contribution in [0.15, 0.2) is 21.3 Å². The zero-order valence-corrected chi connectivity index (χ0v) is 14.6. The molecule has 0 unspecified atom stereocenters. The number of phenolic OH excluding ortho intramolecular Hbond substituents is 1. The van der Waals surface area contributed by atoms with Crippen LogP contribution in [0.5, 0.6) is 5.75 Å². The quantitative estimate of drug-likeness (QED) is 0.639. The van der Waals surface area contributed by atoms with Gasteiger partial charge in [0.2, 0.25) is 0 Å². The molecule has 134 valence electrons. The summed E-state index contributed by atoms with van der Waals surface area (Å²) in [5.74, 6) is -0.391. The fraction of sp³-hybridized carbons (Fsp3) is 0.474. The number of nitrogens with one attached hydrogen (secondary N) is 1. The van der Waals surface area contributed by atoms with Gasteiger partial charge in [-0.25, -0.2) is 4.79 Å². The summed E-state index contributed by atoms with van der Waals surface area (Å²) in [6, 6.07) is 3.74. The van der Waals surface area contributed by atoms with Gasteiger partial charge in [0.15, 0.2) is 0 Å². The number of carbonyl (C=O) groups is 1. The molecule has 0 radical (unpaired) electrons. The van der Waals surface area contributed by atoms with E-state index in [1.54, 1.807) is 19.1 Å². The predicted octanol–water partition coefficient (Wildman–Crippen LogP) is 2.55. The highest BCUT2D eigenvalue weighted by Crippen LogP contribution is 2.30. The largest absolute Gasteiger partial charge is 0.507 e. The number of methoxy groups -OCH3 is 1. The van der Waals surface area contributed by atoms with Crippen molar-refractivity contribution in [1.82, 2.24) is 5.32 Å². The number of hydrogen-bond acceptors (Lipinski definition) is 6. The Hall–Kier alpha value is -2.34. The molecule has 1 aromatic carbocycles. The standard InChI is InChI=1S/C19H23NO5/c1-11-13-7-8-16(21)15(10-20-12-5-3-4-6-12)18(13)25-19(23)14(11)9-17(22)24-2/h7-8,12,20-21H,3-6,9-10H2,1-2H3. The number of hydrogen-bond donors (Lipinski definition) is 2. The Labute approximate surface area is 145 Å². The fourth-order valence-electron chi connectivity index (χ4n) is 3.47. The van der Waals surface area contributed by atoms with Gasteiger partial charge in [0.05, 0.1) is 24.7 Å². The molecule has 1 aliphatic carbocycles. The lowest BCUT2D eigenvalue weighted by Gasteiger charge is -2.15. The number of phenols is 1. The smallest absolute Gasteiger partial charge is 0.340 e. The molecule has 1 heterocycles. The van der Waals surface area contributed by atoms with Crippen molar-refractivity contribution < 1.29 is 19.1 Å². The summed E-state index contributed by atoms with van der Waals surface area (Å²) in [4.78, 5) is 23.9. The van der Waals surface area contributed by atoms with Gasteiger partial charge in [-0.05, 0) is 37.5 Å². The molecule has 1 aliphatic rings. The number of aryl methyl sites for hydroxylation is 1. The van der Waals surface area contributed by atoms with Gasteiger partial charge < -0.3 is 19.6 Å². The maximum absolute atomic E-state index is 12.4. The molecule has 1 fully saturated rings. The first-order valence-electron chi connectivity index (χ1n) is 8.58. The fourth-order valence-corrected chi connectivity index (χ4v) is 3.47. The number of esters is 1. The molecule has 0 saturated heterocycles. The molecule has 1 saturated carbocycles. The summed E-state index contributed by atoms with van der Waals surface area (Å²) in [6.45, 7) is 2.22. The number of carbonyl (C=O) groups excluding carboxylic acids is 1. The van der Waals surface area contributed by atoms with E-state index in [1.807, 2.05) is 0 Å². The SMILES string of the molecule is COC(=O)Cc1c(C)c2ccc(O)c(CNC3CCCC3)c2oc1=O. The van der Waals surface area contributed by atoms with Gasteiger partial charge in [0, 0.05) is 18.0 Å². The van der Waals surface area contributed by atoms with Crippen LogP contribution in [0.2, 0.25) is 0 Å². The van der Waals surface area contributed by atoms with Gasteiger partial charge in [-0.1, -0.05) is 12.8 Å². The van der Waals surface area contributed by atoms with Gasteiger partial charge >= 0.3 is 11.6 Å². The molecule has 25 heavy (non-hydrogen) atoms. The first-order valence-corrected chi connectivity index (χ1v) is 8.58. The van der Waals surface area contributed by atoms with Crippen molar-refractivity contribution in [2.45, 2.75) is 51.6 Å². The van der Waals surface area contributed by atoms with Crippen molar-refractivity contribution in [2.24, 2.45) is 0 Å². The Morgan fingerprint density at radius 3 is 2.72 bits per heavy atom. The average Bonchev–Trinajstić information content (AvgIpc) is 3.11. The van der Waals surface area contributed by atoms with Gasteiger partial charge in [-0.3, -0.25) is 4.79 Å². The van der Waals surface area contributed by atoms with Gasteiger partial charge in [0.25, 0.3) is 0 Å². The van der Waals surface area contributed by atoms with Crippen LogP contribution in [-0.2, 0) is 22.5 Å². The number of aromatic hydroxyl groups is 1. The van der Waals surface area contributed by atoms with Crippen LogP contribution in [0, 0.1) is 6.92 Å². The molecule has 0 atom stereocenters. The van der Waals surface area contributed by atoms with Crippen LogP contribution in [0.4, 0.5) is 0 Å². The van der Waals surface area contributed by atoms with E-state index in [9.17, 15) is 14.7 Å². The van der Waals surface area contributed by atoms with Crippen LogP contribution >= 0.6 is 0 Å². The molecule has 2 aromatic rings. The van der Waals surface area contributed by atoms with E-state index in [2.05, 4.69) is 10.1 Å². The Kier molecular flexibility index (Phi) is 5.08. The first-order chi connectivity index (χ1) is 12.0. The molecule has 0 spiro atoms.